The Labute approximate surface area is 189 Å². The monoisotopic (exact) mass is 461 g/mol. The van der Waals surface area contributed by atoms with E-state index in [2.05, 4.69) is 11.0 Å². The van der Waals surface area contributed by atoms with Gasteiger partial charge in [0.1, 0.15) is 13.2 Å². The summed E-state index contributed by atoms with van der Waals surface area (Å²) in [6.07, 6.45) is 8.81. The lowest BCUT2D eigenvalue weighted by molar-refractivity contribution is -0.131. The second-order valence-electron chi connectivity index (χ2n) is 8.92. The van der Waals surface area contributed by atoms with Crippen LogP contribution in [0.2, 0.25) is 0 Å². The molecule has 0 N–H and O–H groups in total. The van der Waals surface area contributed by atoms with Gasteiger partial charge in [-0.2, -0.15) is 4.31 Å². The number of amides is 1. The first-order valence-corrected chi connectivity index (χ1v) is 13.1. The van der Waals surface area contributed by atoms with Crippen LogP contribution in [0.4, 0.5) is 0 Å². The summed E-state index contributed by atoms with van der Waals surface area (Å²) in [5, 5.41) is 0. The number of hydrogen-bond donors (Lipinski definition) is 0. The number of ether oxygens (including phenoxy) is 2. The third-order valence-corrected chi connectivity index (χ3v) is 8.49. The molecule has 0 unspecified atom stereocenters. The number of nitrogens with zero attached hydrogens (tertiary/aromatic N) is 3. The Morgan fingerprint density at radius 1 is 1.03 bits per heavy atom. The van der Waals surface area contributed by atoms with Crippen molar-refractivity contribution in [3.05, 3.63) is 30.0 Å². The van der Waals surface area contributed by atoms with Gasteiger partial charge in [0.05, 0.1) is 11.4 Å². The highest BCUT2D eigenvalue weighted by atomic mass is 32.2. The lowest BCUT2D eigenvalue weighted by atomic mass is 10.0. The van der Waals surface area contributed by atoms with E-state index in [-0.39, 0.29) is 10.8 Å². The first kappa shape index (κ1) is 21.7. The maximum Gasteiger partial charge on any atom is 0.243 e. The number of piperazine rings is 1. The summed E-state index contributed by atoms with van der Waals surface area (Å²) in [6.45, 7) is 3.07. The van der Waals surface area contributed by atoms with Gasteiger partial charge in [-0.25, -0.2) is 8.42 Å². The maximum atomic E-state index is 13.1. The van der Waals surface area contributed by atoms with Gasteiger partial charge in [-0.1, -0.05) is 6.08 Å². The topological polar surface area (TPSA) is 79.4 Å². The lowest BCUT2D eigenvalue weighted by Gasteiger charge is -2.35. The molecule has 0 bridgehead atoms. The SMILES string of the molecule is O=C(CN1CCN(S(=O)(=O)c2ccc3c(c2)OCCO3)CC1)N(C1=CCCCC1)C1CC1. The standard InChI is InChI=1S/C23H31N3O5S/c27-23(26(19-6-7-19)18-4-2-1-3-5-18)17-24-10-12-25(13-11-24)32(28,29)20-8-9-21-22(16-20)31-15-14-30-21/h4,8-9,16,19H,1-3,5-7,10-15,17H2. The molecule has 0 atom stereocenters. The van der Waals surface area contributed by atoms with Crippen molar-refractivity contribution >= 4 is 15.9 Å². The molecular formula is C23H31N3O5S. The fourth-order valence-corrected chi connectivity index (χ4v) is 6.14. The van der Waals surface area contributed by atoms with Crippen LogP contribution in [-0.4, -0.2) is 80.4 Å². The van der Waals surface area contributed by atoms with E-state index in [0.717, 1.165) is 32.1 Å². The van der Waals surface area contributed by atoms with Crippen LogP contribution in [0.5, 0.6) is 11.5 Å². The van der Waals surface area contributed by atoms with Crippen molar-refractivity contribution in [1.82, 2.24) is 14.1 Å². The Morgan fingerprint density at radius 2 is 1.78 bits per heavy atom. The highest BCUT2D eigenvalue weighted by Gasteiger charge is 2.36. The summed E-state index contributed by atoms with van der Waals surface area (Å²) in [5.41, 5.74) is 1.20. The van der Waals surface area contributed by atoms with E-state index in [1.54, 1.807) is 18.2 Å². The maximum absolute atomic E-state index is 13.1. The van der Waals surface area contributed by atoms with Crippen LogP contribution in [0.1, 0.15) is 38.5 Å². The van der Waals surface area contributed by atoms with E-state index in [0.29, 0.717) is 63.5 Å². The van der Waals surface area contributed by atoms with E-state index in [1.165, 1.54) is 16.4 Å². The molecule has 5 rings (SSSR count). The molecule has 2 aliphatic heterocycles. The Bertz CT molecular complexity index is 997. The molecule has 4 aliphatic rings. The van der Waals surface area contributed by atoms with Crippen LogP contribution in [-0.2, 0) is 14.8 Å². The second kappa shape index (κ2) is 9.03. The number of hydrogen-bond acceptors (Lipinski definition) is 6. The molecule has 0 aromatic heterocycles. The third kappa shape index (κ3) is 4.51. The van der Waals surface area contributed by atoms with Gasteiger partial charge in [-0.05, 0) is 50.7 Å². The highest BCUT2D eigenvalue weighted by molar-refractivity contribution is 7.89. The number of carbonyl (C=O) groups is 1. The first-order valence-electron chi connectivity index (χ1n) is 11.7. The molecule has 2 fully saturated rings. The zero-order chi connectivity index (χ0) is 22.1. The Balaban J connectivity index is 1.20. The van der Waals surface area contributed by atoms with Gasteiger partial charge in [0, 0.05) is 44.0 Å². The molecule has 2 aliphatic carbocycles. The molecule has 1 saturated heterocycles. The number of allylic oxidation sites excluding steroid dienone is 2. The van der Waals surface area contributed by atoms with Gasteiger partial charge in [-0.15, -0.1) is 0 Å². The number of sulfonamides is 1. The van der Waals surface area contributed by atoms with Crippen LogP contribution >= 0.6 is 0 Å². The highest BCUT2D eigenvalue weighted by Crippen LogP contribution is 2.35. The van der Waals surface area contributed by atoms with Crippen LogP contribution in [0, 0.1) is 0 Å². The number of carbonyl (C=O) groups excluding carboxylic acids is 1. The summed E-state index contributed by atoms with van der Waals surface area (Å²) in [4.78, 5) is 17.5. The predicted molar refractivity (Wildman–Crippen MR) is 119 cm³/mol. The van der Waals surface area contributed by atoms with Crippen molar-refractivity contribution in [2.24, 2.45) is 0 Å². The molecule has 1 aromatic rings. The van der Waals surface area contributed by atoms with Crippen molar-refractivity contribution in [1.29, 1.82) is 0 Å². The largest absolute Gasteiger partial charge is 0.486 e. The minimum absolute atomic E-state index is 0.156. The molecular weight excluding hydrogens is 430 g/mol. The molecule has 0 radical (unpaired) electrons. The first-order chi connectivity index (χ1) is 15.5. The molecule has 32 heavy (non-hydrogen) atoms. The van der Waals surface area contributed by atoms with Crippen LogP contribution in [0.3, 0.4) is 0 Å². The van der Waals surface area contributed by atoms with Crippen LogP contribution in [0.15, 0.2) is 34.9 Å². The van der Waals surface area contributed by atoms with Gasteiger partial charge in [0.15, 0.2) is 11.5 Å². The fraction of sp³-hybridized carbons (Fsp3) is 0.609. The minimum Gasteiger partial charge on any atom is -0.486 e. The van der Waals surface area contributed by atoms with Crippen molar-refractivity contribution in [3.8, 4) is 11.5 Å². The molecule has 9 heteroatoms. The zero-order valence-electron chi connectivity index (χ0n) is 18.4. The molecule has 174 valence electrons. The normalized spacial score (nSPS) is 22.3. The Morgan fingerprint density at radius 3 is 2.47 bits per heavy atom. The number of fused-ring (bicyclic) bond motifs is 1. The van der Waals surface area contributed by atoms with Crippen molar-refractivity contribution in [2.45, 2.75) is 49.5 Å². The summed E-state index contributed by atoms with van der Waals surface area (Å²) >= 11 is 0. The van der Waals surface area contributed by atoms with Gasteiger partial charge < -0.3 is 14.4 Å². The van der Waals surface area contributed by atoms with E-state index in [9.17, 15) is 13.2 Å². The van der Waals surface area contributed by atoms with E-state index < -0.39 is 10.0 Å². The van der Waals surface area contributed by atoms with Gasteiger partial charge in [-0.3, -0.25) is 9.69 Å². The van der Waals surface area contributed by atoms with Crippen molar-refractivity contribution < 1.29 is 22.7 Å². The Kier molecular flexibility index (Phi) is 6.14. The molecule has 1 amide bonds. The van der Waals surface area contributed by atoms with E-state index >= 15 is 0 Å². The third-order valence-electron chi connectivity index (χ3n) is 6.60. The summed E-state index contributed by atoms with van der Waals surface area (Å²) < 4.78 is 38.8. The second-order valence-corrected chi connectivity index (χ2v) is 10.9. The lowest BCUT2D eigenvalue weighted by Crippen LogP contribution is -2.51. The van der Waals surface area contributed by atoms with Crippen LogP contribution < -0.4 is 9.47 Å². The molecule has 1 aromatic carbocycles. The summed E-state index contributed by atoms with van der Waals surface area (Å²) in [5.74, 6) is 1.20. The zero-order valence-corrected chi connectivity index (χ0v) is 19.2. The predicted octanol–water partition coefficient (Wildman–Crippen LogP) is 2.21. The van der Waals surface area contributed by atoms with Gasteiger partial charge in [0.2, 0.25) is 15.9 Å². The molecule has 8 nitrogen and oxygen atoms in total. The van der Waals surface area contributed by atoms with E-state index in [1.807, 2.05) is 4.90 Å². The fourth-order valence-electron chi connectivity index (χ4n) is 4.70. The summed E-state index contributed by atoms with van der Waals surface area (Å²) in [7, 11) is -3.62. The number of rotatable bonds is 6. The quantitative estimate of drug-likeness (QED) is 0.646. The number of benzene rings is 1. The van der Waals surface area contributed by atoms with Crippen molar-refractivity contribution in [3.63, 3.8) is 0 Å². The van der Waals surface area contributed by atoms with Gasteiger partial charge >= 0.3 is 0 Å². The van der Waals surface area contributed by atoms with Crippen LogP contribution in [0.25, 0.3) is 0 Å². The Hall–Kier alpha value is -2.10. The average Bonchev–Trinajstić information content (AvgIpc) is 3.65. The molecule has 1 saturated carbocycles. The van der Waals surface area contributed by atoms with E-state index in [4.69, 9.17) is 9.47 Å². The molecule has 0 spiro atoms. The minimum atomic E-state index is -3.62. The summed E-state index contributed by atoms with van der Waals surface area (Å²) in [6, 6.07) is 5.14. The smallest absolute Gasteiger partial charge is 0.243 e. The average molecular weight is 462 g/mol. The molecule has 2 heterocycles. The van der Waals surface area contributed by atoms with Crippen molar-refractivity contribution in [2.75, 3.05) is 45.9 Å². The van der Waals surface area contributed by atoms with Gasteiger partial charge in [0.25, 0.3) is 0 Å².